The largest absolute Gasteiger partial charge is 0.297 e. The van der Waals surface area contributed by atoms with Gasteiger partial charge in [-0.15, -0.1) is 10.2 Å². The summed E-state index contributed by atoms with van der Waals surface area (Å²) in [6.45, 7) is 0. The molecule has 0 aliphatic heterocycles. The first-order valence-corrected chi connectivity index (χ1v) is 8.72. The van der Waals surface area contributed by atoms with Crippen LogP contribution < -0.4 is 5.32 Å². The molecule has 21 heavy (non-hydrogen) atoms. The first-order valence-electron chi connectivity index (χ1n) is 5.63. The highest BCUT2D eigenvalue weighted by atomic mass is 35.5. The zero-order valence-corrected chi connectivity index (χ0v) is 13.2. The van der Waals surface area contributed by atoms with Crippen molar-refractivity contribution in [3.63, 3.8) is 0 Å². The third-order valence-corrected chi connectivity index (χ3v) is 5.13. The first kappa shape index (κ1) is 15.6. The molecule has 0 aliphatic rings. The number of rotatable bonds is 4. The molecule has 0 saturated heterocycles. The quantitative estimate of drug-likeness (QED) is 0.679. The summed E-state index contributed by atoms with van der Waals surface area (Å²) < 4.78 is 22.3. The van der Waals surface area contributed by atoms with Gasteiger partial charge in [-0.3, -0.25) is 10.1 Å². The predicted octanol–water partition coefficient (Wildman–Crippen LogP) is 2.25. The number of halogens is 1. The second kappa shape index (κ2) is 6.33. The van der Waals surface area contributed by atoms with Crippen LogP contribution in [0, 0.1) is 0 Å². The van der Waals surface area contributed by atoms with E-state index in [0.717, 1.165) is 17.6 Å². The Hall–Kier alpha value is -1.77. The number of benzene rings is 1. The molecule has 0 spiro atoms. The van der Waals surface area contributed by atoms with Crippen molar-refractivity contribution in [2.45, 2.75) is 4.34 Å². The number of amides is 1. The third kappa shape index (κ3) is 4.35. The van der Waals surface area contributed by atoms with Crippen LogP contribution in [0.25, 0.3) is 6.08 Å². The Kier molecular flexibility index (Phi) is 4.71. The van der Waals surface area contributed by atoms with Crippen LogP contribution in [0.3, 0.4) is 0 Å². The Morgan fingerprint density at radius 3 is 2.67 bits per heavy atom. The maximum Gasteiger partial charge on any atom is 0.250 e. The molecule has 0 aliphatic carbocycles. The fourth-order valence-electron chi connectivity index (χ4n) is 1.33. The lowest BCUT2D eigenvalue weighted by Gasteiger charge is -1.97. The van der Waals surface area contributed by atoms with Crippen LogP contribution in [0.4, 0.5) is 5.13 Å². The summed E-state index contributed by atoms with van der Waals surface area (Å²) in [6.07, 6.45) is 3.86. The third-order valence-electron chi connectivity index (χ3n) is 2.27. The minimum atomic E-state index is -3.42. The molecule has 2 rings (SSSR count). The molecule has 6 nitrogen and oxygen atoms in total. The molecule has 9 heteroatoms. The lowest BCUT2D eigenvalue weighted by atomic mass is 10.2. The molecular formula is C12H10ClN3O3S2. The van der Waals surface area contributed by atoms with Crippen molar-refractivity contribution in [2.75, 3.05) is 11.6 Å². The number of nitrogens with one attached hydrogen (secondary N) is 1. The summed E-state index contributed by atoms with van der Waals surface area (Å²) in [6, 6.07) is 7.06. The van der Waals surface area contributed by atoms with E-state index >= 15 is 0 Å². The normalized spacial score (nSPS) is 11.7. The van der Waals surface area contributed by atoms with Crippen molar-refractivity contribution >= 4 is 49.9 Å². The van der Waals surface area contributed by atoms with Gasteiger partial charge in [-0.2, -0.15) is 0 Å². The van der Waals surface area contributed by atoms with Gasteiger partial charge in [-0.05, 0) is 17.7 Å². The second-order valence-electron chi connectivity index (χ2n) is 3.99. The molecule has 110 valence electrons. The second-order valence-corrected chi connectivity index (χ2v) is 7.56. The van der Waals surface area contributed by atoms with Gasteiger partial charge in [0, 0.05) is 17.4 Å². The molecule has 1 aromatic heterocycles. The van der Waals surface area contributed by atoms with Crippen molar-refractivity contribution in [3.8, 4) is 0 Å². The van der Waals surface area contributed by atoms with E-state index in [1.165, 1.54) is 6.08 Å². The van der Waals surface area contributed by atoms with Gasteiger partial charge in [0.25, 0.3) is 0 Å². The van der Waals surface area contributed by atoms with Crippen LogP contribution in [0.5, 0.6) is 0 Å². The fourth-order valence-corrected chi connectivity index (χ4v) is 3.04. The van der Waals surface area contributed by atoms with Gasteiger partial charge in [-0.1, -0.05) is 41.1 Å². The van der Waals surface area contributed by atoms with Crippen LogP contribution in [-0.2, 0) is 14.6 Å². The van der Waals surface area contributed by atoms with Gasteiger partial charge < -0.3 is 0 Å². The van der Waals surface area contributed by atoms with Gasteiger partial charge in [0.05, 0.1) is 0 Å². The highest BCUT2D eigenvalue weighted by Crippen LogP contribution is 2.20. The lowest BCUT2D eigenvalue weighted by molar-refractivity contribution is -0.111. The SMILES string of the molecule is CS(=O)(=O)c1nnc(NC(=O)C=Cc2ccccc2Cl)s1. The number of carbonyl (C=O) groups is 1. The number of hydrogen-bond donors (Lipinski definition) is 1. The molecule has 0 fully saturated rings. The smallest absolute Gasteiger partial charge is 0.250 e. The average Bonchev–Trinajstić information content (AvgIpc) is 2.86. The van der Waals surface area contributed by atoms with E-state index in [4.69, 9.17) is 11.6 Å². The van der Waals surface area contributed by atoms with Gasteiger partial charge in [0.1, 0.15) is 0 Å². The molecule has 1 N–H and O–H groups in total. The summed E-state index contributed by atoms with van der Waals surface area (Å²) in [7, 11) is -3.42. The van der Waals surface area contributed by atoms with E-state index in [1.54, 1.807) is 30.3 Å². The van der Waals surface area contributed by atoms with Crippen LogP contribution in [0.1, 0.15) is 5.56 Å². The summed E-state index contributed by atoms with van der Waals surface area (Å²) >= 11 is 6.74. The zero-order chi connectivity index (χ0) is 15.5. The molecule has 0 unspecified atom stereocenters. The van der Waals surface area contributed by atoms with E-state index in [0.29, 0.717) is 10.6 Å². The van der Waals surface area contributed by atoms with E-state index in [1.807, 2.05) is 0 Å². The first-order chi connectivity index (χ1) is 9.86. The molecule has 0 radical (unpaired) electrons. The van der Waals surface area contributed by atoms with E-state index in [-0.39, 0.29) is 9.47 Å². The van der Waals surface area contributed by atoms with Crippen LogP contribution in [0.15, 0.2) is 34.7 Å². The van der Waals surface area contributed by atoms with Crippen molar-refractivity contribution in [2.24, 2.45) is 0 Å². The summed E-state index contributed by atoms with van der Waals surface area (Å²) in [5.41, 5.74) is 0.698. The lowest BCUT2D eigenvalue weighted by Crippen LogP contribution is -2.07. The Morgan fingerprint density at radius 1 is 1.33 bits per heavy atom. The maximum atomic E-state index is 11.7. The highest BCUT2D eigenvalue weighted by Gasteiger charge is 2.14. The minimum absolute atomic E-state index is 0.115. The summed E-state index contributed by atoms with van der Waals surface area (Å²) in [4.78, 5) is 11.7. The van der Waals surface area contributed by atoms with Crippen molar-refractivity contribution in [3.05, 3.63) is 40.9 Å². The summed E-state index contributed by atoms with van der Waals surface area (Å²) in [5, 5.41) is 10.2. The molecular weight excluding hydrogens is 334 g/mol. The Morgan fingerprint density at radius 2 is 2.05 bits per heavy atom. The Balaban J connectivity index is 2.06. The van der Waals surface area contributed by atoms with Crippen LogP contribution in [-0.4, -0.2) is 30.8 Å². The predicted molar refractivity (Wildman–Crippen MR) is 82.1 cm³/mol. The highest BCUT2D eigenvalue weighted by molar-refractivity contribution is 7.92. The summed E-state index contributed by atoms with van der Waals surface area (Å²) in [5.74, 6) is -0.453. The number of nitrogens with zero attached hydrogens (tertiary/aromatic N) is 2. The molecule has 1 heterocycles. The molecule has 0 bridgehead atoms. The van der Waals surface area contributed by atoms with Gasteiger partial charge in [0.15, 0.2) is 0 Å². The van der Waals surface area contributed by atoms with Crippen molar-refractivity contribution in [1.29, 1.82) is 0 Å². The maximum absolute atomic E-state index is 11.7. The number of anilines is 1. The Bertz CT molecular complexity index is 800. The number of sulfone groups is 1. The average molecular weight is 344 g/mol. The molecule has 1 amide bonds. The van der Waals surface area contributed by atoms with E-state index in [9.17, 15) is 13.2 Å². The fraction of sp³-hybridized carbons (Fsp3) is 0.0833. The van der Waals surface area contributed by atoms with Crippen molar-refractivity contribution < 1.29 is 13.2 Å². The number of aromatic nitrogens is 2. The monoisotopic (exact) mass is 343 g/mol. The Labute approximate surface area is 130 Å². The minimum Gasteiger partial charge on any atom is -0.297 e. The zero-order valence-electron chi connectivity index (χ0n) is 10.8. The molecule has 0 saturated carbocycles. The van der Waals surface area contributed by atoms with Gasteiger partial charge >= 0.3 is 0 Å². The molecule has 1 aromatic carbocycles. The molecule has 0 atom stereocenters. The number of carbonyl (C=O) groups excluding carboxylic acids is 1. The van der Waals surface area contributed by atoms with Crippen LogP contribution in [0.2, 0.25) is 5.02 Å². The van der Waals surface area contributed by atoms with Gasteiger partial charge in [-0.25, -0.2) is 8.42 Å². The standard InChI is InChI=1S/C12H10ClN3O3S2/c1-21(18,19)12-16-15-11(20-12)14-10(17)7-6-8-4-2-3-5-9(8)13/h2-7H,1H3,(H,14,15,17). The van der Waals surface area contributed by atoms with Crippen LogP contribution >= 0.6 is 22.9 Å². The van der Waals surface area contributed by atoms with E-state index in [2.05, 4.69) is 15.5 Å². The van der Waals surface area contributed by atoms with E-state index < -0.39 is 15.7 Å². The number of hydrogen-bond acceptors (Lipinski definition) is 6. The molecule has 2 aromatic rings. The van der Waals surface area contributed by atoms with Crippen molar-refractivity contribution in [1.82, 2.24) is 10.2 Å². The topological polar surface area (TPSA) is 89.0 Å². The van der Waals surface area contributed by atoms with Gasteiger partial charge in [0.2, 0.25) is 25.2 Å².